The Labute approximate surface area is 92.7 Å². The molecule has 0 spiro atoms. The monoisotopic (exact) mass is 255 g/mol. The molecular formula is C10H14BrN3. The lowest BCUT2D eigenvalue weighted by Crippen LogP contribution is -2.34. The number of hydrogen-bond acceptors (Lipinski definition) is 3. The van der Waals surface area contributed by atoms with E-state index in [1.54, 1.807) is 6.20 Å². The van der Waals surface area contributed by atoms with Crippen LogP contribution in [0.15, 0.2) is 16.9 Å². The van der Waals surface area contributed by atoms with E-state index in [4.69, 9.17) is 0 Å². The van der Waals surface area contributed by atoms with E-state index in [0.29, 0.717) is 0 Å². The van der Waals surface area contributed by atoms with Crippen molar-refractivity contribution >= 4 is 21.9 Å². The highest BCUT2D eigenvalue weighted by molar-refractivity contribution is 9.10. The van der Waals surface area contributed by atoms with Gasteiger partial charge in [-0.05, 0) is 40.8 Å². The molecule has 1 aliphatic rings. The molecule has 1 aromatic rings. The van der Waals surface area contributed by atoms with Gasteiger partial charge in [-0.25, -0.2) is 9.97 Å². The van der Waals surface area contributed by atoms with Crippen molar-refractivity contribution in [3.05, 3.63) is 16.9 Å². The molecule has 1 saturated heterocycles. The zero-order valence-corrected chi connectivity index (χ0v) is 9.87. The van der Waals surface area contributed by atoms with Crippen molar-refractivity contribution in [3.8, 4) is 0 Å². The molecular weight excluding hydrogens is 242 g/mol. The van der Waals surface area contributed by atoms with E-state index in [2.05, 4.69) is 37.7 Å². The first kappa shape index (κ1) is 9.90. The molecule has 0 amide bonds. The van der Waals surface area contributed by atoms with E-state index in [1.165, 1.54) is 12.8 Å². The predicted octanol–water partition coefficient (Wildman–Crippen LogP) is 2.48. The molecule has 3 nitrogen and oxygen atoms in total. The van der Waals surface area contributed by atoms with Gasteiger partial charge in [0.1, 0.15) is 4.60 Å². The summed E-state index contributed by atoms with van der Waals surface area (Å²) >= 11 is 3.36. The molecule has 0 aromatic carbocycles. The normalized spacial score (nSPS) is 18.6. The molecule has 1 fully saturated rings. The molecule has 0 atom stereocenters. The minimum absolute atomic E-state index is 0.846. The number of piperidine rings is 1. The highest BCUT2D eigenvalue weighted by Crippen LogP contribution is 2.20. The second-order valence-electron chi connectivity index (χ2n) is 3.85. The average Bonchev–Trinajstić information content (AvgIpc) is 2.19. The third-order valence-electron chi connectivity index (χ3n) is 2.68. The first-order chi connectivity index (χ1) is 6.75. The highest BCUT2D eigenvalue weighted by atomic mass is 79.9. The summed E-state index contributed by atoms with van der Waals surface area (Å²) in [6.07, 6.45) is 4.29. The zero-order chi connectivity index (χ0) is 9.97. The van der Waals surface area contributed by atoms with Crippen LogP contribution in [0.25, 0.3) is 0 Å². The Morgan fingerprint density at radius 3 is 2.79 bits per heavy atom. The van der Waals surface area contributed by atoms with Crippen molar-refractivity contribution in [1.29, 1.82) is 0 Å². The van der Waals surface area contributed by atoms with Crippen LogP contribution in [0, 0.1) is 5.92 Å². The topological polar surface area (TPSA) is 29.0 Å². The van der Waals surface area contributed by atoms with Gasteiger partial charge in [-0.1, -0.05) is 6.92 Å². The molecule has 76 valence electrons. The van der Waals surface area contributed by atoms with E-state index < -0.39 is 0 Å². The molecule has 0 saturated carbocycles. The van der Waals surface area contributed by atoms with Crippen LogP contribution in [0.4, 0.5) is 5.95 Å². The van der Waals surface area contributed by atoms with Gasteiger partial charge in [0.05, 0.1) is 0 Å². The second kappa shape index (κ2) is 4.26. The van der Waals surface area contributed by atoms with Crippen molar-refractivity contribution in [2.24, 2.45) is 5.92 Å². The van der Waals surface area contributed by atoms with Gasteiger partial charge in [0.2, 0.25) is 5.95 Å². The van der Waals surface area contributed by atoms with Crippen molar-refractivity contribution in [3.63, 3.8) is 0 Å². The Hall–Kier alpha value is -0.640. The minimum atomic E-state index is 0.846. The van der Waals surface area contributed by atoms with E-state index in [0.717, 1.165) is 29.6 Å². The molecule has 4 heteroatoms. The summed E-state index contributed by atoms with van der Waals surface area (Å²) in [5, 5.41) is 0. The van der Waals surface area contributed by atoms with Crippen molar-refractivity contribution in [1.82, 2.24) is 9.97 Å². The molecule has 1 aliphatic heterocycles. The van der Waals surface area contributed by atoms with Gasteiger partial charge in [0.15, 0.2) is 0 Å². The summed E-state index contributed by atoms with van der Waals surface area (Å²) in [4.78, 5) is 10.9. The fraction of sp³-hybridized carbons (Fsp3) is 0.600. The maximum atomic E-state index is 4.35. The maximum absolute atomic E-state index is 4.35. The molecule has 0 aliphatic carbocycles. The molecule has 0 N–H and O–H groups in total. The summed E-state index contributed by atoms with van der Waals surface area (Å²) in [7, 11) is 0. The zero-order valence-electron chi connectivity index (χ0n) is 8.28. The molecule has 2 heterocycles. The first-order valence-corrected chi connectivity index (χ1v) is 5.78. The van der Waals surface area contributed by atoms with Crippen LogP contribution in [0.3, 0.4) is 0 Å². The number of anilines is 1. The van der Waals surface area contributed by atoms with Gasteiger partial charge in [0.25, 0.3) is 0 Å². The first-order valence-electron chi connectivity index (χ1n) is 4.99. The summed E-state index contributed by atoms with van der Waals surface area (Å²) < 4.78 is 0.862. The second-order valence-corrected chi connectivity index (χ2v) is 4.66. The number of nitrogens with zero attached hydrogens (tertiary/aromatic N) is 3. The fourth-order valence-electron chi connectivity index (χ4n) is 1.69. The summed E-state index contributed by atoms with van der Waals surface area (Å²) in [6, 6.07) is 1.86. The molecule has 1 aromatic heterocycles. The van der Waals surface area contributed by atoms with Crippen LogP contribution in [-0.4, -0.2) is 23.1 Å². The lowest BCUT2D eigenvalue weighted by molar-refractivity contribution is 0.434. The fourth-order valence-corrected chi connectivity index (χ4v) is 1.96. The molecule has 0 bridgehead atoms. The molecule has 0 unspecified atom stereocenters. The number of rotatable bonds is 1. The third kappa shape index (κ3) is 2.23. The lowest BCUT2D eigenvalue weighted by Gasteiger charge is -2.30. The Morgan fingerprint density at radius 1 is 1.43 bits per heavy atom. The average molecular weight is 256 g/mol. The van der Waals surface area contributed by atoms with Gasteiger partial charge in [-0.3, -0.25) is 0 Å². The van der Waals surface area contributed by atoms with Gasteiger partial charge < -0.3 is 4.90 Å². The Bertz CT molecular complexity index is 308. The van der Waals surface area contributed by atoms with Gasteiger partial charge in [-0.2, -0.15) is 0 Å². The smallest absolute Gasteiger partial charge is 0.226 e. The van der Waals surface area contributed by atoms with Crippen LogP contribution < -0.4 is 4.90 Å². The minimum Gasteiger partial charge on any atom is -0.341 e. The van der Waals surface area contributed by atoms with E-state index in [9.17, 15) is 0 Å². The quantitative estimate of drug-likeness (QED) is 0.723. The molecule has 14 heavy (non-hydrogen) atoms. The Kier molecular flexibility index (Phi) is 3.01. The molecule has 2 rings (SSSR count). The summed E-state index contributed by atoms with van der Waals surface area (Å²) in [6.45, 7) is 4.47. The third-order valence-corrected chi connectivity index (χ3v) is 3.12. The largest absolute Gasteiger partial charge is 0.341 e. The van der Waals surface area contributed by atoms with Crippen molar-refractivity contribution in [2.45, 2.75) is 19.8 Å². The predicted molar refractivity (Wildman–Crippen MR) is 60.3 cm³/mol. The highest BCUT2D eigenvalue weighted by Gasteiger charge is 2.17. The maximum Gasteiger partial charge on any atom is 0.226 e. The number of hydrogen-bond donors (Lipinski definition) is 0. The number of aromatic nitrogens is 2. The van der Waals surface area contributed by atoms with E-state index in [1.807, 2.05) is 6.07 Å². The van der Waals surface area contributed by atoms with Crippen molar-refractivity contribution < 1.29 is 0 Å². The standard InChI is InChI=1S/C10H14BrN3/c1-8-3-6-14(7-4-8)10-12-5-2-9(11)13-10/h2,5,8H,3-4,6-7H2,1H3. The lowest BCUT2D eigenvalue weighted by atomic mass is 10.00. The number of halogens is 1. The SMILES string of the molecule is CC1CCN(c2nccc(Br)n2)CC1. The summed E-state index contributed by atoms with van der Waals surface area (Å²) in [5.41, 5.74) is 0. The van der Waals surface area contributed by atoms with E-state index in [-0.39, 0.29) is 0 Å². The van der Waals surface area contributed by atoms with Gasteiger partial charge in [0, 0.05) is 19.3 Å². The van der Waals surface area contributed by atoms with Crippen LogP contribution in [0.2, 0.25) is 0 Å². The van der Waals surface area contributed by atoms with Crippen LogP contribution in [-0.2, 0) is 0 Å². The summed E-state index contributed by atoms with van der Waals surface area (Å²) in [5.74, 6) is 1.70. The molecule has 0 radical (unpaired) electrons. The van der Waals surface area contributed by atoms with Crippen molar-refractivity contribution in [2.75, 3.05) is 18.0 Å². The Morgan fingerprint density at radius 2 is 2.14 bits per heavy atom. The van der Waals surface area contributed by atoms with Gasteiger partial charge >= 0.3 is 0 Å². The van der Waals surface area contributed by atoms with Crippen LogP contribution >= 0.6 is 15.9 Å². The van der Waals surface area contributed by atoms with Crippen LogP contribution in [0.1, 0.15) is 19.8 Å². The van der Waals surface area contributed by atoms with Gasteiger partial charge in [-0.15, -0.1) is 0 Å². The Balaban J connectivity index is 2.08. The van der Waals surface area contributed by atoms with Crippen LogP contribution in [0.5, 0.6) is 0 Å². The van der Waals surface area contributed by atoms with E-state index >= 15 is 0 Å².